The number of aromatic nitrogens is 1. The van der Waals surface area contributed by atoms with Gasteiger partial charge in [-0.2, -0.15) is 0 Å². The molecule has 176 valence electrons. The number of rotatable bonds is 4. The number of pyridine rings is 1. The van der Waals surface area contributed by atoms with E-state index >= 15 is 0 Å². The minimum Gasteiger partial charge on any atom is -0.384 e. The molecule has 6 nitrogen and oxygen atoms in total. The smallest absolute Gasteiger partial charge is 0.233 e. The van der Waals surface area contributed by atoms with Crippen molar-refractivity contribution in [2.45, 2.75) is 24.3 Å². The van der Waals surface area contributed by atoms with E-state index in [2.05, 4.69) is 4.98 Å². The molecule has 0 bridgehead atoms. The fourth-order valence-corrected chi connectivity index (χ4v) is 5.28. The van der Waals surface area contributed by atoms with Gasteiger partial charge in [0.15, 0.2) is 0 Å². The monoisotopic (exact) mass is 501 g/mol. The summed E-state index contributed by atoms with van der Waals surface area (Å²) in [6.45, 7) is 2.74. The van der Waals surface area contributed by atoms with E-state index in [0.29, 0.717) is 57.7 Å². The molecular formula is C24H22ClF2N5OS. The molecule has 0 aliphatic carbocycles. The second-order valence-electron chi connectivity index (χ2n) is 8.65. The molecule has 34 heavy (non-hydrogen) atoms. The topological polar surface area (TPSA) is 88.5 Å². The molecule has 1 saturated heterocycles. The first kappa shape index (κ1) is 22.9. The van der Waals surface area contributed by atoms with E-state index in [4.69, 9.17) is 22.5 Å². The van der Waals surface area contributed by atoms with Gasteiger partial charge >= 0.3 is 0 Å². The highest BCUT2D eigenvalue weighted by Gasteiger charge is 2.41. The number of amides is 1. The quantitative estimate of drug-likeness (QED) is 0.506. The molecular weight excluding hydrogens is 480 g/mol. The van der Waals surface area contributed by atoms with Crippen molar-refractivity contribution in [3.63, 3.8) is 0 Å². The number of nitrogen functional groups attached to an aromatic ring is 1. The molecule has 5 rings (SSSR count). The number of hydrogen-bond donors (Lipinski definition) is 2. The van der Waals surface area contributed by atoms with Gasteiger partial charge in [-0.15, -0.1) is 0 Å². The summed E-state index contributed by atoms with van der Waals surface area (Å²) >= 11 is 7.05. The summed E-state index contributed by atoms with van der Waals surface area (Å²) < 4.78 is 29.1. The fourth-order valence-electron chi connectivity index (χ4n) is 4.66. The lowest BCUT2D eigenvalue weighted by Gasteiger charge is -2.42. The minimum absolute atomic E-state index is 0.0427. The number of nitrogens with two attached hydrogens (primary N) is 2. The van der Waals surface area contributed by atoms with Crippen molar-refractivity contribution < 1.29 is 13.6 Å². The molecule has 1 fully saturated rings. The Morgan fingerprint density at radius 1 is 1.15 bits per heavy atom. The van der Waals surface area contributed by atoms with Crippen LogP contribution in [0.5, 0.6) is 0 Å². The Hall–Kier alpha value is -2.88. The second-order valence-corrected chi connectivity index (χ2v) is 9.73. The highest BCUT2D eigenvalue weighted by Crippen LogP contribution is 2.39. The maximum Gasteiger partial charge on any atom is 0.233 e. The number of nitrogens with zero attached hydrogens (tertiary/aromatic N) is 3. The van der Waals surface area contributed by atoms with Gasteiger partial charge < -0.3 is 15.5 Å². The van der Waals surface area contributed by atoms with E-state index < -0.39 is 5.82 Å². The third-order valence-electron chi connectivity index (χ3n) is 6.42. The maximum atomic E-state index is 15.0. The van der Waals surface area contributed by atoms with Gasteiger partial charge in [-0.25, -0.2) is 13.8 Å². The molecule has 1 amide bonds. The van der Waals surface area contributed by atoms with E-state index in [1.165, 1.54) is 24.4 Å². The van der Waals surface area contributed by atoms with Gasteiger partial charge in [0, 0.05) is 36.6 Å². The number of carbonyl (C=O) groups is 1. The number of benzene rings is 2. The van der Waals surface area contributed by atoms with Crippen molar-refractivity contribution >= 4 is 46.6 Å². The molecule has 3 heterocycles. The molecule has 0 saturated carbocycles. The second kappa shape index (κ2) is 8.72. The Morgan fingerprint density at radius 3 is 2.59 bits per heavy atom. The average Bonchev–Trinajstić information content (AvgIpc) is 3.07. The van der Waals surface area contributed by atoms with Crippen LogP contribution < -0.4 is 20.7 Å². The molecule has 3 aromatic rings. The normalized spacial score (nSPS) is 17.6. The summed E-state index contributed by atoms with van der Waals surface area (Å²) in [5.41, 5.74) is 8.74. The number of carbonyl (C=O) groups excluding carboxylic acids is 1. The van der Waals surface area contributed by atoms with Crippen LogP contribution in [0.25, 0.3) is 11.1 Å². The first-order valence-corrected chi connectivity index (χ1v) is 12.0. The van der Waals surface area contributed by atoms with Crippen LogP contribution in [0.1, 0.15) is 12.5 Å². The molecule has 1 unspecified atom stereocenters. The van der Waals surface area contributed by atoms with Gasteiger partial charge in [0.05, 0.1) is 21.5 Å². The largest absolute Gasteiger partial charge is 0.384 e. The van der Waals surface area contributed by atoms with Crippen LogP contribution in [0.3, 0.4) is 0 Å². The van der Waals surface area contributed by atoms with Crippen LogP contribution in [-0.2, 0) is 11.2 Å². The highest BCUT2D eigenvalue weighted by atomic mass is 35.5. The van der Waals surface area contributed by atoms with Crippen LogP contribution in [0, 0.1) is 17.6 Å². The average molecular weight is 502 g/mol. The van der Waals surface area contributed by atoms with Crippen LogP contribution >= 0.6 is 23.5 Å². The van der Waals surface area contributed by atoms with Crippen molar-refractivity contribution in [3.8, 4) is 11.1 Å². The predicted molar refractivity (Wildman–Crippen MR) is 132 cm³/mol. The van der Waals surface area contributed by atoms with Crippen molar-refractivity contribution in [2.24, 2.45) is 11.1 Å². The van der Waals surface area contributed by atoms with Crippen molar-refractivity contribution in [2.75, 3.05) is 28.6 Å². The van der Waals surface area contributed by atoms with Crippen LogP contribution in [0.4, 0.5) is 26.0 Å². The van der Waals surface area contributed by atoms with E-state index in [9.17, 15) is 13.6 Å². The maximum absolute atomic E-state index is 15.0. The molecule has 2 aliphatic heterocycles. The summed E-state index contributed by atoms with van der Waals surface area (Å²) in [4.78, 5) is 21.2. The van der Waals surface area contributed by atoms with Crippen molar-refractivity contribution in [3.05, 3.63) is 64.8 Å². The molecule has 4 N–H and O–H groups in total. The Morgan fingerprint density at radius 2 is 1.91 bits per heavy atom. The number of hydrogen-bond acceptors (Lipinski definition) is 6. The molecule has 1 atom stereocenters. The van der Waals surface area contributed by atoms with E-state index in [1.807, 2.05) is 11.8 Å². The SMILES string of the molecule is CC1Cc2cc(F)c(SN)cc2N1C(=O)C1CN(c2ccc(-c3cnc(N)cc3Cl)cc2F)C1. The first-order chi connectivity index (χ1) is 16.3. The van der Waals surface area contributed by atoms with Gasteiger partial charge in [-0.1, -0.05) is 17.7 Å². The first-order valence-electron chi connectivity index (χ1n) is 10.7. The third-order valence-corrected chi connectivity index (χ3v) is 7.30. The Balaban J connectivity index is 1.31. The molecule has 10 heteroatoms. The molecule has 2 aromatic carbocycles. The van der Waals surface area contributed by atoms with Crippen LogP contribution in [-0.4, -0.2) is 30.0 Å². The third kappa shape index (κ3) is 3.87. The standard InChI is InChI=1S/C24H22ClF2N5OS/c1-12-4-14-6-19(27)22(34-29)8-21(14)32(12)24(33)15-10-31(11-15)20-3-2-13(5-18(20)26)16-9-30-23(28)7-17(16)25/h2-3,5-9,12,15H,4,10-11,29H2,1H3,(H2,28,30). The van der Waals surface area contributed by atoms with Gasteiger partial charge in [-0.05, 0) is 66.8 Å². The van der Waals surface area contributed by atoms with Gasteiger partial charge in [-0.3, -0.25) is 9.93 Å². The van der Waals surface area contributed by atoms with Crippen molar-refractivity contribution in [1.29, 1.82) is 0 Å². The Bertz CT molecular complexity index is 1300. The number of anilines is 3. The lowest BCUT2D eigenvalue weighted by Crippen LogP contribution is -2.56. The predicted octanol–water partition coefficient (Wildman–Crippen LogP) is 4.64. The summed E-state index contributed by atoms with van der Waals surface area (Å²) in [5.74, 6) is -0.810. The fraction of sp³-hybridized carbons (Fsp3) is 0.250. The van der Waals surface area contributed by atoms with Crippen LogP contribution in [0.2, 0.25) is 5.02 Å². The molecule has 2 aliphatic rings. The van der Waals surface area contributed by atoms with Gasteiger partial charge in [0.2, 0.25) is 5.91 Å². The summed E-state index contributed by atoms with van der Waals surface area (Å²) in [7, 11) is 0. The lowest BCUT2D eigenvalue weighted by atomic mass is 9.96. The zero-order valence-corrected chi connectivity index (χ0v) is 19.8. The summed E-state index contributed by atoms with van der Waals surface area (Å²) in [6.07, 6.45) is 2.10. The van der Waals surface area contributed by atoms with Crippen molar-refractivity contribution in [1.82, 2.24) is 4.98 Å². The van der Waals surface area contributed by atoms with Gasteiger partial charge in [0.25, 0.3) is 0 Å². The molecule has 1 aromatic heterocycles. The number of fused-ring (bicyclic) bond motifs is 1. The van der Waals surface area contributed by atoms with E-state index in [1.54, 1.807) is 23.1 Å². The van der Waals surface area contributed by atoms with Crippen LogP contribution in [0.15, 0.2) is 47.5 Å². The van der Waals surface area contributed by atoms with Gasteiger partial charge in [0.1, 0.15) is 17.5 Å². The zero-order valence-electron chi connectivity index (χ0n) is 18.3. The molecule has 0 spiro atoms. The van der Waals surface area contributed by atoms with E-state index in [0.717, 1.165) is 17.5 Å². The number of halogens is 3. The zero-order chi connectivity index (χ0) is 24.1. The Kier molecular flexibility index (Phi) is 5.87. The Labute approximate surface area is 205 Å². The summed E-state index contributed by atoms with van der Waals surface area (Å²) in [6, 6.07) is 9.40. The highest BCUT2D eigenvalue weighted by molar-refractivity contribution is 7.97. The lowest BCUT2D eigenvalue weighted by molar-refractivity contribution is -0.123. The van der Waals surface area contributed by atoms with E-state index in [-0.39, 0.29) is 23.7 Å². The summed E-state index contributed by atoms with van der Waals surface area (Å²) in [5, 5.41) is 5.97. The minimum atomic E-state index is -0.406. The molecule has 0 radical (unpaired) electrons.